The minimum Gasteiger partial charge on any atom is -0.409 e. The number of hydrogen-bond acceptors (Lipinski definition) is 5. The molecule has 6 nitrogen and oxygen atoms in total. The predicted molar refractivity (Wildman–Crippen MR) is 83.4 cm³/mol. The van der Waals surface area contributed by atoms with E-state index in [2.05, 4.69) is 41.1 Å². The number of pyridine rings is 1. The summed E-state index contributed by atoms with van der Waals surface area (Å²) in [5.74, 6) is 0.0447. The molecule has 6 heteroatoms. The van der Waals surface area contributed by atoms with Gasteiger partial charge in [0.25, 0.3) is 0 Å². The molecule has 0 amide bonds. The normalized spacial score (nSPS) is 18.0. The Morgan fingerprint density at radius 2 is 2.14 bits per heavy atom. The maximum absolute atomic E-state index is 8.72. The van der Waals surface area contributed by atoms with Crippen LogP contribution in [0.4, 0.5) is 0 Å². The first-order chi connectivity index (χ1) is 9.97. The molecule has 0 saturated heterocycles. The van der Waals surface area contributed by atoms with E-state index in [-0.39, 0.29) is 5.84 Å². The Morgan fingerprint density at radius 3 is 2.67 bits per heavy atom. The second-order valence-corrected chi connectivity index (χ2v) is 6.18. The van der Waals surface area contributed by atoms with E-state index in [9.17, 15) is 0 Å². The summed E-state index contributed by atoms with van der Waals surface area (Å²) in [6.45, 7) is 1.87. The quantitative estimate of drug-likeness (QED) is 0.355. The van der Waals surface area contributed by atoms with E-state index >= 15 is 0 Å². The van der Waals surface area contributed by atoms with Gasteiger partial charge in [-0.15, -0.1) is 0 Å². The fraction of sp³-hybridized carbons (Fsp3) is 0.600. The van der Waals surface area contributed by atoms with E-state index in [1.807, 2.05) is 12.1 Å². The van der Waals surface area contributed by atoms with Crippen molar-refractivity contribution in [1.82, 2.24) is 14.8 Å². The minimum absolute atomic E-state index is 0.0447. The highest BCUT2D eigenvalue weighted by Gasteiger charge is 2.39. The van der Waals surface area contributed by atoms with Crippen molar-refractivity contribution in [3.05, 3.63) is 29.6 Å². The number of nitrogens with two attached hydrogens (primary N) is 1. The molecule has 1 aromatic rings. The highest BCUT2D eigenvalue weighted by Crippen LogP contribution is 2.36. The molecule has 1 fully saturated rings. The van der Waals surface area contributed by atoms with Crippen molar-refractivity contribution in [3.8, 4) is 0 Å². The number of amidine groups is 1. The fourth-order valence-electron chi connectivity index (χ4n) is 2.97. The van der Waals surface area contributed by atoms with Crippen LogP contribution < -0.4 is 5.73 Å². The molecule has 0 radical (unpaired) electrons. The van der Waals surface area contributed by atoms with Crippen LogP contribution in [0.25, 0.3) is 0 Å². The average molecular weight is 291 g/mol. The second-order valence-electron chi connectivity index (χ2n) is 6.18. The molecule has 1 aliphatic rings. The van der Waals surface area contributed by atoms with Gasteiger partial charge in [0, 0.05) is 24.8 Å². The summed E-state index contributed by atoms with van der Waals surface area (Å²) < 4.78 is 0. The molecule has 1 heterocycles. The highest BCUT2D eigenvalue weighted by molar-refractivity contribution is 5.95. The Balaban J connectivity index is 2.01. The van der Waals surface area contributed by atoms with Gasteiger partial charge < -0.3 is 20.7 Å². The lowest BCUT2D eigenvalue weighted by atomic mass is 9.75. The number of hydrogen-bond donors (Lipinski definition) is 2. The van der Waals surface area contributed by atoms with Crippen LogP contribution in [0.1, 0.15) is 30.5 Å². The number of aromatic nitrogens is 1. The number of nitrogens with zero attached hydrogens (tertiary/aromatic N) is 4. The van der Waals surface area contributed by atoms with Gasteiger partial charge >= 0.3 is 0 Å². The topological polar surface area (TPSA) is 78.0 Å². The van der Waals surface area contributed by atoms with Crippen molar-refractivity contribution < 1.29 is 5.21 Å². The summed E-state index contributed by atoms with van der Waals surface area (Å²) in [6, 6.07) is 3.84. The lowest BCUT2D eigenvalue weighted by Crippen LogP contribution is -2.56. The third kappa shape index (κ3) is 3.51. The largest absolute Gasteiger partial charge is 0.409 e. The molecule has 0 bridgehead atoms. The van der Waals surface area contributed by atoms with Gasteiger partial charge in [-0.3, -0.25) is 4.98 Å². The summed E-state index contributed by atoms with van der Waals surface area (Å²) in [4.78, 5) is 8.78. The van der Waals surface area contributed by atoms with Crippen molar-refractivity contribution in [2.75, 3.05) is 27.7 Å². The molecule has 0 atom stereocenters. The molecule has 1 aromatic heterocycles. The first-order valence-corrected chi connectivity index (χ1v) is 7.26. The zero-order valence-electron chi connectivity index (χ0n) is 13.1. The zero-order chi connectivity index (χ0) is 15.5. The first kappa shape index (κ1) is 15.7. The van der Waals surface area contributed by atoms with Crippen LogP contribution >= 0.6 is 0 Å². The van der Waals surface area contributed by atoms with Gasteiger partial charge in [0.2, 0.25) is 0 Å². The van der Waals surface area contributed by atoms with Crippen LogP contribution in [0.15, 0.2) is 23.5 Å². The summed E-state index contributed by atoms with van der Waals surface area (Å²) >= 11 is 0. The van der Waals surface area contributed by atoms with E-state index in [4.69, 9.17) is 10.9 Å². The minimum atomic E-state index is 0.0447. The number of oxime groups is 1. The van der Waals surface area contributed by atoms with E-state index in [0.29, 0.717) is 11.2 Å². The Hall–Kier alpha value is -1.66. The van der Waals surface area contributed by atoms with Crippen molar-refractivity contribution in [3.63, 3.8) is 0 Å². The standard InChI is InChI=1S/C15H25N5O/c1-19(2)15(6-4-7-15)11-20(3)10-12-5-8-17-13(9-12)14(16)18-21/h5,8-9,21H,4,6-7,10-11H2,1-3H3,(H2,16,18). The Morgan fingerprint density at radius 1 is 1.43 bits per heavy atom. The van der Waals surface area contributed by atoms with Gasteiger partial charge in [0.05, 0.1) is 0 Å². The maximum Gasteiger partial charge on any atom is 0.188 e. The molecule has 0 aromatic carbocycles. The molecule has 116 valence electrons. The van der Waals surface area contributed by atoms with Crippen LogP contribution in [0.5, 0.6) is 0 Å². The highest BCUT2D eigenvalue weighted by atomic mass is 16.4. The summed E-state index contributed by atoms with van der Waals surface area (Å²) in [5.41, 5.74) is 7.52. The van der Waals surface area contributed by atoms with Gasteiger partial charge in [-0.2, -0.15) is 0 Å². The summed E-state index contributed by atoms with van der Waals surface area (Å²) in [7, 11) is 6.46. The van der Waals surface area contributed by atoms with E-state index in [1.165, 1.54) is 19.3 Å². The lowest BCUT2D eigenvalue weighted by molar-refractivity contribution is 0.0259. The maximum atomic E-state index is 8.72. The van der Waals surface area contributed by atoms with Gasteiger partial charge in [0.1, 0.15) is 5.69 Å². The number of rotatable bonds is 6. The van der Waals surface area contributed by atoms with Crippen molar-refractivity contribution in [2.24, 2.45) is 10.9 Å². The summed E-state index contributed by atoms with van der Waals surface area (Å²) in [5, 5.41) is 11.7. The molecular weight excluding hydrogens is 266 g/mol. The van der Waals surface area contributed by atoms with Gasteiger partial charge in [-0.05, 0) is 58.1 Å². The molecular formula is C15H25N5O. The number of likely N-dealkylation sites (N-methyl/N-ethyl adjacent to an activating group) is 2. The fourth-order valence-corrected chi connectivity index (χ4v) is 2.97. The first-order valence-electron chi connectivity index (χ1n) is 7.26. The van der Waals surface area contributed by atoms with E-state index in [0.717, 1.165) is 18.7 Å². The Kier molecular flexibility index (Phi) is 4.80. The molecule has 0 aliphatic heterocycles. The SMILES string of the molecule is CN(Cc1ccnc(/C(N)=N/O)c1)CC1(N(C)C)CCC1. The molecule has 0 spiro atoms. The molecule has 3 N–H and O–H groups in total. The van der Waals surface area contributed by atoms with Gasteiger partial charge in [-0.1, -0.05) is 5.16 Å². The van der Waals surface area contributed by atoms with Crippen LogP contribution in [0.3, 0.4) is 0 Å². The van der Waals surface area contributed by atoms with Gasteiger partial charge in [-0.25, -0.2) is 0 Å². The van der Waals surface area contributed by atoms with Crippen LogP contribution in [0, 0.1) is 0 Å². The van der Waals surface area contributed by atoms with Gasteiger partial charge in [0.15, 0.2) is 5.84 Å². The smallest absolute Gasteiger partial charge is 0.188 e. The molecule has 1 aliphatic carbocycles. The van der Waals surface area contributed by atoms with Crippen LogP contribution in [-0.4, -0.2) is 59.1 Å². The Bertz CT molecular complexity index is 511. The van der Waals surface area contributed by atoms with Crippen molar-refractivity contribution in [1.29, 1.82) is 0 Å². The van der Waals surface area contributed by atoms with E-state index in [1.54, 1.807) is 6.20 Å². The monoisotopic (exact) mass is 291 g/mol. The third-order valence-electron chi connectivity index (χ3n) is 4.44. The third-order valence-corrected chi connectivity index (χ3v) is 4.44. The van der Waals surface area contributed by atoms with Crippen LogP contribution in [0.2, 0.25) is 0 Å². The molecule has 21 heavy (non-hydrogen) atoms. The summed E-state index contributed by atoms with van der Waals surface area (Å²) in [6.07, 6.45) is 5.53. The van der Waals surface area contributed by atoms with E-state index < -0.39 is 0 Å². The molecule has 0 unspecified atom stereocenters. The average Bonchev–Trinajstić information content (AvgIpc) is 2.41. The zero-order valence-corrected chi connectivity index (χ0v) is 13.1. The molecule has 2 rings (SSSR count). The van der Waals surface area contributed by atoms with Crippen LogP contribution in [-0.2, 0) is 6.54 Å². The predicted octanol–water partition coefficient (Wildman–Crippen LogP) is 1.09. The van der Waals surface area contributed by atoms with Crippen molar-refractivity contribution in [2.45, 2.75) is 31.3 Å². The lowest BCUT2D eigenvalue weighted by Gasteiger charge is -2.49. The van der Waals surface area contributed by atoms with Crippen molar-refractivity contribution >= 4 is 5.84 Å². The Labute approximate surface area is 126 Å². The molecule has 1 saturated carbocycles. The second kappa shape index (κ2) is 6.41.